The Morgan fingerprint density at radius 1 is 1.47 bits per heavy atom. The predicted molar refractivity (Wildman–Crippen MR) is 67.4 cm³/mol. The van der Waals surface area contributed by atoms with Gasteiger partial charge in [-0.2, -0.15) is 28.1 Å². The number of rotatable bonds is 2. The van der Waals surface area contributed by atoms with Gasteiger partial charge in [0.15, 0.2) is 5.78 Å². The number of hydrogen-bond donors (Lipinski definition) is 0. The molecule has 1 aliphatic rings. The number of thioether (sulfide) groups is 1. The standard InChI is InChI=1S/C11H10N2O2S2/c1-6-2-16-3-7(6)10-12-11(15-13-10)8-4-17-5-9(8)14/h2-3,8H,4-5H2,1H3. The largest absolute Gasteiger partial charge is 0.338 e. The molecule has 0 saturated carbocycles. The zero-order chi connectivity index (χ0) is 11.8. The van der Waals surface area contributed by atoms with Crippen molar-refractivity contribution >= 4 is 28.9 Å². The van der Waals surface area contributed by atoms with E-state index in [9.17, 15) is 4.79 Å². The summed E-state index contributed by atoms with van der Waals surface area (Å²) >= 11 is 3.23. The van der Waals surface area contributed by atoms with Gasteiger partial charge in [-0.05, 0) is 17.9 Å². The van der Waals surface area contributed by atoms with Gasteiger partial charge in [-0.1, -0.05) is 5.16 Å². The summed E-state index contributed by atoms with van der Waals surface area (Å²) in [6.45, 7) is 2.01. The molecule has 1 atom stereocenters. The molecule has 1 fully saturated rings. The SMILES string of the molecule is Cc1cscc1-c1noc(C2CSCC2=O)n1. The average Bonchev–Trinajstić information content (AvgIpc) is 2.97. The van der Waals surface area contributed by atoms with Crippen LogP contribution in [0.1, 0.15) is 17.4 Å². The number of carbonyl (C=O) groups is 1. The Morgan fingerprint density at radius 2 is 2.35 bits per heavy atom. The summed E-state index contributed by atoms with van der Waals surface area (Å²) in [5.74, 6) is 2.33. The predicted octanol–water partition coefficient (Wildman–Crippen LogP) is 2.51. The number of aryl methyl sites for hydroxylation is 1. The number of hydrogen-bond acceptors (Lipinski definition) is 6. The van der Waals surface area contributed by atoms with Gasteiger partial charge in [0, 0.05) is 16.7 Å². The van der Waals surface area contributed by atoms with Gasteiger partial charge in [0.2, 0.25) is 11.7 Å². The molecule has 0 N–H and O–H groups in total. The van der Waals surface area contributed by atoms with Gasteiger partial charge in [0.1, 0.15) is 5.92 Å². The fraction of sp³-hybridized carbons (Fsp3) is 0.364. The fourth-order valence-electron chi connectivity index (χ4n) is 1.76. The molecule has 2 aromatic rings. The van der Waals surface area contributed by atoms with Gasteiger partial charge in [-0.25, -0.2) is 0 Å². The molecule has 3 heterocycles. The molecule has 0 bridgehead atoms. The molecule has 88 valence electrons. The number of ketones is 1. The van der Waals surface area contributed by atoms with Crippen LogP contribution in [0.5, 0.6) is 0 Å². The van der Waals surface area contributed by atoms with Gasteiger partial charge < -0.3 is 4.52 Å². The second-order valence-corrected chi connectivity index (χ2v) is 5.73. The highest BCUT2D eigenvalue weighted by Crippen LogP contribution is 2.31. The average molecular weight is 266 g/mol. The van der Waals surface area contributed by atoms with Crippen LogP contribution in [-0.4, -0.2) is 27.4 Å². The first kappa shape index (κ1) is 11.0. The Morgan fingerprint density at radius 3 is 3.00 bits per heavy atom. The quantitative estimate of drug-likeness (QED) is 0.836. The van der Waals surface area contributed by atoms with Gasteiger partial charge >= 0.3 is 0 Å². The third-order valence-electron chi connectivity index (χ3n) is 2.75. The van der Waals surface area contributed by atoms with Crippen molar-refractivity contribution in [1.29, 1.82) is 0 Å². The monoisotopic (exact) mass is 266 g/mol. The summed E-state index contributed by atoms with van der Waals surface area (Å²) in [6, 6.07) is 0. The molecule has 2 aromatic heterocycles. The summed E-state index contributed by atoms with van der Waals surface area (Å²) in [5, 5.41) is 8.00. The van der Waals surface area contributed by atoms with Crippen LogP contribution in [0.25, 0.3) is 11.4 Å². The smallest absolute Gasteiger partial charge is 0.238 e. The van der Waals surface area contributed by atoms with Gasteiger partial charge in [-0.3, -0.25) is 4.79 Å². The Kier molecular flexibility index (Phi) is 2.76. The first-order chi connectivity index (χ1) is 8.25. The van der Waals surface area contributed by atoms with E-state index in [0.717, 1.165) is 16.9 Å². The van der Waals surface area contributed by atoms with Crippen molar-refractivity contribution in [1.82, 2.24) is 10.1 Å². The summed E-state index contributed by atoms with van der Waals surface area (Å²) in [6.07, 6.45) is 0. The lowest BCUT2D eigenvalue weighted by Gasteiger charge is -1.97. The third-order valence-corrected chi connectivity index (χ3v) is 4.67. The summed E-state index contributed by atoms with van der Waals surface area (Å²) in [5.41, 5.74) is 2.12. The van der Waals surface area contributed by atoms with Crippen molar-refractivity contribution in [2.24, 2.45) is 0 Å². The van der Waals surface area contributed by atoms with Gasteiger partial charge in [0.25, 0.3) is 0 Å². The van der Waals surface area contributed by atoms with E-state index in [1.165, 1.54) is 0 Å². The second-order valence-electron chi connectivity index (χ2n) is 3.96. The van der Waals surface area contributed by atoms with Crippen molar-refractivity contribution in [2.45, 2.75) is 12.8 Å². The summed E-state index contributed by atoms with van der Waals surface area (Å²) in [4.78, 5) is 15.9. The molecule has 0 radical (unpaired) electrons. The van der Waals surface area contributed by atoms with Crippen LogP contribution in [-0.2, 0) is 4.79 Å². The van der Waals surface area contributed by atoms with Crippen LogP contribution in [0.3, 0.4) is 0 Å². The molecule has 1 saturated heterocycles. The Labute approximate surface area is 106 Å². The Bertz CT molecular complexity index is 561. The van der Waals surface area contributed by atoms with Crippen molar-refractivity contribution < 1.29 is 9.32 Å². The number of Topliss-reactive ketones (excluding diaryl/α,β-unsaturated/α-hetero) is 1. The third kappa shape index (κ3) is 1.91. The molecule has 1 aliphatic heterocycles. The van der Waals surface area contributed by atoms with Gasteiger partial charge in [-0.15, -0.1) is 0 Å². The van der Waals surface area contributed by atoms with Crippen LogP contribution < -0.4 is 0 Å². The maximum atomic E-state index is 11.6. The van der Waals surface area contributed by atoms with Crippen molar-refractivity contribution in [3.8, 4) is 11.4 Å². The van der Waals surface area contributed by atoms with E-state index in [4.69, 9.17) is 4.52 Å². The molecule has 0 aliphatic carbocycles. The fourth-order valence-corrected chi connectivity index (χ4v) is 3.67. The Balaban J connectivity index is 1.93. The molecular formula is C11H10N2O2S2. The molecule has 6 heteroatoms. The van der Waals surface area contributed by atoms with Crippen molar-refractivity contribution in [2.75, 3.05) is 11.5 Å². The highest BCUT2D eigenvalue weighted by molar-refractivity contribution is 8.00. The number of thiophene rings is 1. The van der Waals surface area contributed by atoms with E-state index in [-0.39, 0.29) is 11.7 Å². The molecule has 4 nitrogen and oxygen atoms in total. The lowest BCUT2D eigenvalue weighted by atomic mass is 10.1. The molecule has 0 spiro atoms. The minimum absolute atomic E-state index is 0.187. The topological polar surface area (TPSA) is 56.0 Å². The maximum Gasteiger partial charge on any atom is 0.238 e. The lowest BCUT2D eigenvalue weighted by Crippen LogP contribution is -2.09. The molecule has 17 heavy (non-hydrogen) atoms. The minimum atomic E-state index is -0.208. The summed E-state index contributed by atoms with van der Waals surface area (Å²) in [7, 11) is 0. The maximum absolute atomic E-state index is 11.6. The highest BCUT2D eigenvalue weighted by atomic mass is 32.2. The zero-order valence-electron chi connectivity index (χ0n) is 9.17. The van der Waals surface area contributed by atoms with E-state index >= 15 is 0 Å². The molecule has 0 aromatic carbocycles. The van der Waals surface area contributed by atoms with Crippen LogP contribution in [0.4, 0.5) is 0 Å². The number of nitrogens with zero attached hydrogens (tertiary/aromatic N) is 2. The second kappa shape index (κ2) is 4.27. The van der Waals surface area contributed by atoms with E-state index in [0.29, 0.717) is 17.5 Å². The molecule has 1 unspecified atom stereocenters. The number of aromatic nitrogens is 2. The van der Waals surface area contributed by atoms with Gasteiger partial charge in [0.05, 0.1) is 5.75 Å². The highest BCUT2D eigenvalue weighted by Gasteiger charge is 2.31. The van der Waals surface area contributed by atoms with Crippen molar-refractivity contribution in [3.63, 3.8) is 0 Å². The van der Waals surface area contributed by atoms with Crippen LogP contribution >= 0.6 is 23.1 Å². The molecule has 3 rings (SSSR count). The molecular weight excluding hydrogens is 256 g/mol. The van der Waals surface area contributed by atoms with Crippen LogP contribution in [0.15, 0.2) is 15.3 Å². The van der Waals surface area contributed by atoms with Crippen LogP contribution in [0, 0.1) is 6.92 Å². The first-order valence-corrected chi connectivity index (χ1v) is 7.32. The first-order valence-electron chi connectivity index (χ1n) is 5.23. The van der Waals surface area contributed by atoms with E-state index in [1.54, 1.807) is 23.1 Å². The van der Waals surface area contributed by atoms with E-state index in [2.05, 4.69) is 10.1 Å². The van der Waals surface area contributed by atoms with E-state index in [1.807, 2.05) is 17.7 Å². The van der Waals surface area contributed by atoms with Crippen molar-refractivity contribution in [3.05, 3.63) is 22.2 Å². The Hall–Kier alpha value is -1.14. The number of carbonyl (C=O) groups excluding carboxylic acids is 1. The normalized spacial score (nSPS) is 20.1. The summed E-state index contributed by atoms with van der Waals surface area (Å²) < 4.78 is 5.21. The van der Waals surface area contributed by atoms with Crippen LogP contribution in [0.2, 0.25) is 0 Å². The zero-order valence-corrected chi connectivity index (χ0v) is 10.8. The van der Waals surface area contributed by atoms with E-state index < -0.39 is 0 Å². The molecule has 0 amide bonds. The minimum Gasteiger partial charge on any atom is -0.338 e. The lowest BCUT2D eigenvalue weighted by molar-refractivity contribution is -0.117.